The van der Waals surface area contributed by atoms with Gasteiger partial charge in [-0.25, -0.2) is 15.0 Å². The van der Waals surface area contributed by atoms with Gasteiger partial charge in [0.15, 0.2) is 17.5 Å². The third-order valence-electron chi connectivity index (χ3n) is 16.4. The Labute approximate surface area is 570 Å². The third-order valence-corrected chi connectivity index (χ3v) is 16.4. The van der Waals surface area contributed by atoms with Gasteiger partial charge in [-0.05, 0) is 141 Å². The first-order valence-electron chi connectivity index (χ1n) is 32.1. The molecule has 0 saturated carbocycles. The van der Waals surface area contributed by atoms with E-state index in [0.717, 1.165) is 136 Å². The zero-order valence-electron chi connectivity index (χ0n) is 54.7. The second-order valence-corrected chi connectivity index (χ2v) is 23.3. The molecule has 15 rings (SSSR count). The topological polar surface area (TPSA) is 257 Å². The van der Waals surface area contributed by atoms with Gasteiger partial charge in [-0.15, -0.1) is 30.6 Å². The summed E-state index contributed by atoms with van der Waals surface area (Å²) in [7, 11) is 5.07. The number of ether oxygens (including phenoxy) is 6. The summed E-state index contributed by atoms with van der Waals surface area (Å²) in [4.78, 5) is 14.0. The van der Waals surface area contributed by atoms with E-state index < -0.39 is 0 Å². The molecule has 0 spiro atoms. The highest BCUT2D eigenvalue weighted by molar-refractivity contribution is 5.80. The van der Waals surface area contributed by atoms with Crippen LogP contribution in [0.4, 0.5) is 0 Å². The number of pyridine rings is 3. The average Bonchev–Trinajstić information content (AvgIpc) is 1.88. The van der Waals surface area contributed by atoms with Crippen LogP contribution in [0, 0.1) is 0 Å². The zero-order valence-corrected chi connectivity index (χ0v) is 54.7. The van der Waals surface area contributed by atoms with Gasteiger partial charge in [0.1, 0.15) is 54.3 Å². The number of nitrogens with zero attached hydrogens (tertiary/aromatic N) is 12. The maximum atomic E-state index is 6.05. The summed E-state index contributed by atoms with van der Waals surface area (Å²) in [6.45, 7) is 1.27. The van der Waals surface area contributed by atoms with E-state index in [1.165, 1.54) is 11.1 Å². The summed E-state index contributed by atoms with van der Waals surface area (Å²) in [6.07, 6.45) is 4.05. The van der Waals surface area contributed by atoms with Crippen LogP contribution in [-0.4, -0.2) is 98.2 Å². The number of fused-ring (bicyclic) bond motifs is 3. The number of methoxy groups -OCH3 is 3. The first-order valence-corrected chi connectivity index (χ1v) is 32.1. The number of rotatable bonds is 24. The molecule has 9 aromatic carbocycles. The molecule has 0 fully saturated rings. The van der Waals surface area contributed by atoms with Crippen LogP contribution in [-0.2, 0) is 58.3 Å². The smallest absolute Gasteiger partial charge is 0.178 e. The van der Waals surface area contributed by atoms with E-state index in [1.54, 1.807) is 21.3 Å². The van der Waals surface area contributed by atoms with Crippen LogP contribution < -0.4 is 28.4 Å². The molecule has 15 aromatic rings. The molecular formula is C78H69N15O6. The first kappa shape index (κ1) is 64.9. The van der Waals surface area contributed by atoms with Crippen LogP contribution in [0.5, 0.6) is 34.5 Å². The van der Waals surface area contributed by atoms with E-state index in [9.17, 15) is 0 Å². The number of benzene rings is 9. The molecule has 492 valence electrons. The fraction of sp³-hybridized carbons (Fsp3) is 0.154. The van der Waals surface area contributed by atoms with Crippen LogP contribution in [0.25, 0.3) is 32.7 Å². The first-order chi connectivity index (χ1) is 48.8. The maximum Gasteiger partial charge on any atom is 0.178 e. The molecule has 0 atom stereocenters. The molecule has 3 N–H and O–H groups in total. The molecule has 6 aromatic heterocycles. The Morgan fingerprint density at radius 2 is 0.657 bits per heavy atom. The van der Waals surface area contributed by atoms with Crippen LogP contribution in [0.2, 0.25) is 0 Å². The molecule has 0 aliphatic heterocycles. The average molecular weight is 1310 g/mol. The summed E-state index contributed by atoms with van der Waals surface area (Å²) in [5.41, 5.74) is 15.7. The van der Waals surface area contributed by atoms with Crippen molar-refractivity contribution in [1.29, 1.82) is 0 Å². The van der Waals surface area contributed by atoms with Crippen molar-refractivity contribution in [2.45, 2.75) is 58.3 Å². The molecule has 0 unspecified atom stereocenters. The number of hydrogen-bond acceptors (Lipinski definition) is 18. The predicted molar refractivity (Wildman–Crippen MR) is 376 cm³/mol. The number of hydrogen-bond donors (Lipinski definition) is 3. The number of aromatic amines is 3. The van der Waals surface area contributed by atoms with E-state index in [4.69, 9.17) is 28.4 Å². The van der Waals surface area contributed by atoms with Crippen LogP contribution in [0.15, 0.2) is 237 Å². The predicted octanol–water partition coefficient (Wildman–Crippen LogP) is 13.6. The van der Waals surface area contributed by atoms with Gasteiger partial charge in [0.2, 0.25) is 0 Å². The Morgan fingerprint density at radius 1 is 0.283 bits per heavy atom. The van der Waals surface area contributed by atoms with Gasteiger partial charge in [-0.2, -0.15) is 15.6 Å². The number of H-pyrrole nitrogens is 3. The largest absolute Gasteiger partial charge is 0.496 e. The summed E-state index contributed by atoms with van der Waals surface area (Å²) < 4.78 is 34.7. The number of nitrogens with one attached hydrogen (secondary N) is 3. The minimum absolute atomic E-state index is 0.414. The Hall–Kier alpha value is -12.8. The van der Waals surface area contributed by atoms with Crippen molar-refractivity contribution in [1.82, 2.24) is 76.8 Å². The maximum absolute atomic E-state index is 6.05. The highest BCUT2D eigenvalue weighted by atomic mass is 16.5. The highest BCUT2D eigenvalue weighted by Gasteiger charge is 2.14. The summed E-state index contributed by atoms with van der Waals surface area (Å²) >= 11 is 0. The quantitative estimate of drug-likeness (QED) is 0.0508. The van der Waals surface area contributed by atoms with Crippen molar-refractivity contribution in [3.8, 4) is 34.5 Å². The fourth-order valence-electron chi connectivity index (χ4n) is 11.4. The normalized spacial score (nSPS) is 10.9. The van der Waals surface area contributed by atoms with Crippen LogP contribution in [0.3, 0.4) is 0 Å². The Balaban J connectivity index is 0.000000133. The lowest BCUT2D eigenvalue weighted by Gasteiger charge is -2.12. The Kier molecular flexibility index (Phi) is 21.0. The second kappa shape index (κ2) is 32.1. The van der Waals surface area contributed by atoms with Crippen molar-refractivity contribution in [3.05, 3.63) is 321 Å². The third kappa shape index (κ3) is 17.8. The van der Waals surface area contributed by atoms with Gasteiger partial charge >= 0.3 is 0 Å². The van der Waals surface area contributed by atoms with E-state index in [2.05, 4.69) is 174 Å². The zero-order chi connectivity index (χ0) is 67.4. The molecule has 6 heterocycles. The van der Waals surface area contributed by atoms with Gasteiger partial charge in [-0.1, -0.05) is 161 Å². The van der Waals surface area contributed by atoms with Crippen molar-refractivity contribution in [2.24, 2.45) is 0 Å². The van der Waals surface area contributed by atoms with E-state index in [1.807, 2.05) is 140 Å². The highest BCUT2D eigenvalue weighted by Crippen LogP contribution is 2.30. The standard InChI is InChI=1S/3C26H23N5O2/c1-32-25-12-9-19(16-26-28-30-31-29-26)14-21(25)13-18-5-4-7-23(15-18)33-17-22-11-10-20-6-2-3-8-24(20)27-22;1-32-25-13-8-19(16-26-28-30-31-29-26)15-21(25)14-18-6-11-23(12-7-18)33-17-22-10-9-20-4-2-3-5-24(20)27-22;1-32-25-15-19(16-26-28-30-31-29-26)6-9-21(25)14-18-7-12-23(13-8-18)33-17-22-11-10-20-4-2-3-5-24(20)27-22/h2-12,14-15H,13,16-17H2,1H3,(H,28,29,30,31);2*2-13,15H,14,16-17H2,1H3,(H,28,29,30,31). The van der Waals surface area contributed by atoms with Gasteiger partial charge in [0, 0.05) is 54.7 Å². The van der Waals surface area contributed by atoms with Crippen molar-refractivity contribution in [3.63, 3.8) is 0 Å². The van der Waals surface area contributed by atoms with Crippen molar-refractivity contribution in [2.75, 3.05) is 21.3 Å². The fourth-order valence-corrected chi connectivity index (χ4v) is 11.4. The minimum atomic E-state index is 0.414. The molecule has 0 aliphatic carbocycles. The molecular weight excluding hydrogens is 1240 g/mol. The molecule has 0 saturated heterocycles. The van der Waals surface area contributed by atoms with Crippen molar-refractivity contribution < 1.29 is 28.4 Å². The molecule has 21 heteroatoms. The van der Waals surface area contributed by atoms with Gasteiger partial charge in [-0.3, -0.25) is 0 Å². The lowest BCUT2D eigenvalue weighted by atomic mass is 10.00. The molecule has 0 aliphatic rings. The lowest BCUT2D eigenvalue weighted by molar-refractivity contribution is 0.301. The molecule has 0 radical (unpaired) electrons. The summed E-state index contributed by atoms with van der Waals surface area (Å²) in [5, 5.41) is 45.9. The number of aromatic nitrogens is 15. The lowest BCUT2D eigenvalue weighted by Crippen LogP contribution is -2.00. The van der Waals surface area contributed by atoms with E-state index >= 15 is 0 Å². The van der Waals surface area contributed by atoms with Gasteiger partial charge in [0.25, 0.3) is 0 Å². The van der Waals surface area contributed by atoms with E-state index in [0.29, 0.717) is 63.0 Å². The minimum Gasteiger partial charge on any atom is -0.496 e. The SMILES string of the molecule is COc1cc(Cc2nn[nH]n2)ccc1Cc1ccc(OCc2ccc3ccccc3n2)cc1.COc1ccc(Cc2nn[nH]n2)cc1Cc1ccc(OCc2ccc3ccccc3n2)cc1.COc1ccc(Cc2nn[nH]n2)cc1Cc1cccc(OCc2ccc3ccccc3n2)c1. The Bertz CT molecular complexity index is 5080. The molecule has 0 amide bonds. The molecule has 99 heavy (non-hydrogen) atoms. The summed E-state index contributed by atoms with van der Waals surface area (Å²) in [5.74, 6) is 6.95. The van der Waals surface area contributed by atoms with Gasteiger partial charge in [0.05, 0.1) is 55.0 Å². The second-order valence-electron chi connectivity index (χ2n) is 23.3. The van der Waals surface area contributed by atoms with Crippen LogP contribution >= 0.6 is 0 Å². The van der Waals surface area contributed by atoms with Gasteiger partial charge < -0.3 is 28.4 Å². The monoisotopic (exact) mass is 1310 g/mol. The van der Waals surface area contributed by atoms with Crippen molar-refractivity contribution >= 4 is 32.7 Å². The Morgan fingerprint density at radius 3 is 1.08 bits per heavy atom. The molecule has 0 bridgehead atoms. The molecule has 21 nitrogen and oxygen atoms in total. The van der Waals surface area contributed by atoms with Crippen LogP contribution in [0.1, 0.15) is 84.6 Å². The number of para-hydroxylation sites is 3. The van der Waals surface area contributed by atoms with E-state index in [-0.39, 0.29) is 0 Å². The number of tetrazole rings is 3. The summed E-state index contributed by atoms with van der Waals surface area (Å²) in [6, 6.07) is 79.4.